The van der Waals surface area contributed by atoms with E-state index in [1.807, 2.05) is 6.07 Å². The minimum atomic E-state index is -0.338. The Morgan fingerprint density at radius 3 is 2.94 bits per heavy atom. The van der Waals surface area contributed by atoms with Crippen LogP contribution >= 0.6 is 15.9 Å². The number of para-hydroxylation sites is 1. The third kappa shape index (κ3) is 4.88. The molecule has 2 nitrogen and oxygen atoms in total. The van der Waals surface area contributed by atoms with Crippen molar-refractivity contribution in [2.24, 2.45) is 0 Å². The highest BCUT2D eigenvalue weighted by Gasteiger charge is 2.09. The molecule has 4 heteroatoms. The van der Waals surface area contributed by atoms with Gasteiger partial charge in [0.1, 0.15) is 6.61 Å². The van der Waals surface area contributed by atoms with Gasteiger partial charge in [-0.1, -0.05) is 41.6 Å². The summed E-state index contributed by atoms with van der Waals surface area (Å²) in [6.45, 7) is 7.52. The molecule has 0 aliphatic heterocycles. The van der Waals surface area contributed by atoms with Crippen molar-refractivity contribution in [2.45, 2.75) is 19.9 Å². The highest BCUT2D eigenvalue weighted by molar-refractivity contribution is 9.11. The number of halogens is 2. The van der Waals surface area contributed by atoms with Crippen LogP contribution in [-0.4, -0.2) is 13.2 Å². The van der Waals surface area contributed by atoms with E-state index in [1.165, 1.54) is 6.07 Å². The van der Waals surface area contributed by atoms with Crippen molar-refractivity contribution in [3.63, 3.8) is 0 Å². The van der Waals surface area contributed by atoms with Gasteiger partial charge in [-0.2, -0.15) is 0 Å². The van der Waals surface area contributed by atoms with Gasteiger partial charge in [0.05, 0.1) is 0 Å². The number of rotatable bonds is 7. The van der Waals surface area contributed by atoms with Gasteiger partial charge in [0.15, 0.2) is 11.6 Å². The monoisotopic (exact) mass is 301 g/mol. The lowest BCUT2D eigenvalue weighted by Gasteiger charge is -2.12. The third-order valence-corrected chi connectivity index (χ3v) is 2.39. The van der Waals surface area contributed by atoms with Crippen molar-refractivity contribution in [1.29, 1.82) is 0 Å². The Morgan fingerprint density at radius 2 is 2.29 bits per heavy atom. The molecule has 1 N–H and O–H groups in total. The van der Waals surface area contributed by atoms with E-state index in [1.54, 1.807) is 6.07 Å². The molecule has 0 heterocycles. The van der Waals surface area contributed by atoms with Crippen LogP contribution in [0.25, 0.3) is 0 Å². The van der Waals surface area contributed by atoms with Gasteiger partial charge in [-0.3, -0.25) is 0 Å². The topological polar surface area (TPSA) is 21.3 Å². The molecule has 0 fully saturated rings. The Hall–Kier alpha value is -0.870. The Balaban J connectivity index is 2.73. The molecule has 1 aromatic rings. The first-order valence-electron chi connectivity index (χ1n) is 5.59. The van der Waals surface area contributed by atoms with Gasteiger partial charge < -0.3 is 10.1 Å². The summed E-state index contributed by atoms with van der Waals surface area (Å²) >= 11 is 3.19. The molecule has 0 bridgehead atoms. The number of nitrogens with one attached hydrogen (secondary N) is 1. The molecule has 17 heavy (non-hydrogen) atoms. The maximum Gasteiger partial charge on any atom is 0.165 e. The Morgan fingerprint density at radius 1 is 1.53 bits per heavy atom. The van der Waals surface area contributed by atoms with Crippen LogP contribution in [0.4, 0.5) is 4.39 Å². The van der Waals surface area contributed by atoms with E-state index in [0.717, 1.165) is 18.5 Å². The SMILES string of the molecule is C=C(Br)COc1c(F)cccc1CNCCC. The molecule has 1 rings (SSSR count). The van der Waals surface area contributed by atoms with Crippen molar-refractivity contribution < 1.29 is 9.13 Å². The molecular formula is C13H17BrFNO. The van der Waals surface area contributed by atoms with Crippen molar-refractivity contribution in [3.05, 3.63) is 40.6 Å². The summed E-state index contributed by atoms with van der Waals surface area (Å²) in [4.78, 5) is 0. The zero-order chi connectivity index (χ0) is 12.7. The number of benzene rings is 1. The lowest BCUT2D eigenvalue weighted by Crippen LogP contribution is -2.15. The second-order valence-corrected chi connectivity index (χ2v) is 4.83. The fourth-order valence-electron chi connectivity index (χ4n) is 1.40. The summed E-state index contributed by atoms with van der Waals surface area (Å²) in [7, 11) is 0. The Kier molecular flexibility index (Phi) is 6.22. The van der Waals surface area contributed by atoms with Crippen LogP contribution in [0.5, 0.6) is 5.75 Å². The number of ether oxygens (including phenoxy) is 1. The van der Waals surface area contributed by atoms with Gasteiger partial charge in [-0.25, -0.2) is 4.39 Å². The van der Waals surface area contributed by atoms with E-state index in [2.05, 4.69) is 34.7 Å². The molecule has 0 atom stereocenters. The van der Waals surface area contributed by atoms with Gasteiger partial charge in [0, 0.05) is 16.6 Å². The van der Waals surface area contributed by atoms with Crippen LogP contribution in [0.2, 0.25) is 0 Å². The largest absolute Gasteiger partial charge is 0.485 e. The van der Waals surface area contributed by atoms with Gasteiger partial charge in [0.25, 0.3) is 0 Å². The van der Waals surface area contributed by atoms with Crippen LogP contribution in [-0.2, 0) is 6.54 Å². The zero-order valence-corrected chi connectivity index (χ0v) is 11.5. The number of hydrogen-bond donors (Lipinski definition) is 1. The van der Waals surface area contributed by atoms with Crippen LogP contribution in [0.15, 0.2) is 29.3 Å². The Labute approximate surface area is 110 Å². The summed E-state index contributed by atoms with van der Waals surface area (Å²) in [6.07, 6.45) is 1.05. The molecule has 0 radical (unpaired) electrons. The van der Waals surface area contributed by atoms with Crippen molar-refractivity contribution in [3.8, 4) is 5.75 Å². The number of hydrogen-bond acceptors (Lipinski definition) is 2. The fraction of sp³-hybridized carbons (Fsp3) is 0.385. The normalized spacial score (nSPS) is 10.3. The summed E-state index contributed by atoms with van der Waals surface area (Å²) in [6, 6.07) is 4.95. The second-order valence-electron chi connectivity index (χ2n) is 3.71. The van der Waals surface area contributed by atoms with E-state index in [9.17, 15) is 4.39 Å². The van der Waals surface area contributed by atoms with E-state index in [-0.39, 0.29) is 12.4 Å². The van der Waals surface area contributed by atoms with E-state index in [4.69, 9.17) is 4.74 Å². The highest BCUT2D eigenvalue weighted by atomic mass is 79.9. The second kappa shape index (κ2) is 7.45. The maximum atomic E-state index is 13.6. The highest BCUT2D eigenvalue weighted by Crippen LogP contribution is 2.23. The van der Waals surface area contributed by atoms with E-state index < -0.39 is 0 Å². The molecule has 0 unspecified atom stereocenters. The molecule has 0 saturated carbocycles. The van der Waals surface area contributed by atoms with Crippen molar-refractivity contribution in [2.75, 3.05) is 13.2 Å². The fourth-order valence-corrected chi connectivity index (χ4v) is 1.52. The van der Waals surface area contributed by atoms with Crippen LogP contribution in [0, 0.1) is 5.82 Å². The first kappa shape index (κ1) is 14.2. The standard InChI is InChI=1S/C13H17BrFNO/c1-3-7-16-8-11-5-4-6-12(15)13(11)17-9-10(2)14/h4-6,16H,2-3,7-9H2,1H3. The van der Waals surface area contributed by atoms with Crippen molar-refractivity contribution >= 4 is 15.9 Å². The van der Waals surface area contributed by atoms with Gasteiger partial charge in [-0.05, 0) is 19.0 Å². The first-order chi connectivity index (χ1) is 8.15. The van der Waals surface area contributed by atoms with Gasteiger partial charge >= 0.3 is 0 Å². The smallest absolute Gasteiger partial charge is 0.165 e. The van der Waals surface area contributed by atoms with Crippen LogP contribution in [0.1, 0.15) is 18.9 Å². The van der Waals surface area contributed by atoms with Crippen molar-refractivity contribution in [1.82, 2.24) is 5.32 Å². The van der Waals surface area contributed by atoms with Crippen LogP contribution in [0.3, 0.4) is 0 Å². The quantitative estimate of drug-likeness (QED) is 0.777. The average Bonchev–Trinajstić information content (AvgIpc) is 2.28. The summed E-state index contributed by atoms with van der Waals surface area (Å²) in [5, 5.41) is 3.23. The summed E-state index contributed by atoms with van der Waals surface area (Å²) in [5.41, 5.74) is 0.826. The van der Waals surface area contributed by atoms with E-state index >= 15 is 0 Å². The molecule has 0 aromatic heterocycles. The van der Waals surface area contributed by atoms with Gasteiger partial charge in [0.2, 0.25) is 0 Å². The molecule has 0 saturated heterocycles. The third-order valence-electron chi connectivity index (χ3n) is 2.16. The lowest BCUT2D eigenvalue weighted by molar-refractivity contribution is 0.334. The molecule has 0 aliphatic carbocycles. The summed E-state index contributed by atoms with van der Waals surface area (Å²) in [5.74, 6) is -0.0359. The van der Waals surface area contributed by atoms with Gasteiger partial charge in [-0.15, -0.1) is 0 Å². The lowest BCUT2D eigenvalue weighted by atomic mass is 10.2. The van der Waals surface area contributed by atoms with Crippen LogP contribution < -0.4 is 10.1 Å². The van der Waals surface area contributed by atoms with E-state index in [0.29, 0.717) is 16.8 Å². The average molecular weight is 302 g/mol. The maximum absolute atomic E-state index is 13.6. The minimum absolute atomic E-state index is 0.266. The molecular weight excluding hydrogens is 285 g/mol. The molecule has 94 valence electrons. The predicted octanol–water partition coefficient (Wildman–Crippen LogP) is 3.61. The molecule has 0 aliphatic rings. The first-order valence-corrected chi connectivity index (χ1v) is 6.38. The molecule has 1 aromatic carbocycles. The predicted molar refractivity (Wildman–Crippen MR) is 72.0 cm³/mol. The summed E-state index contributed by atoms with van der Waals surface area (Å²) < 4.78 is 19.7. The molecule has 0 amide bonds. The Bertz CT molecular complexity index is 382. The molecule has 0 spiro atoms. The minimum Gasteiger partial charge on any atom is -0.485 e. The zero-order valence-electron chi connectivity index (χ0n) is 9.93.